The van der Waals surface area contributed by atoms with E-state index in [4.69, 9.17) is 0 Å². The van der Waals surface area contributed by atoms with Crippen LogP contribution in [0.25, 0.3) is 5.65 Å². The highest BCUT2D eigenvalue weighted by Crippen LogP contribution is 2.24. The van der Waals surface area contributed by atoms with E-state index in [2.05, 4.69) is 51.5 Å². The van der Waals surface area contributed by atoms with Gasteiger partial charge >= 0.3 is 0 Å². The Kier molecular flexibility index (Phi) is 4.75. The van der Waals surface area contributed by atoms with Crippen molar-refractivity contribution in [2.24, 2.45) is 5.92 Å². The van der Waals surface area contributed by atoms with Gasteiger partial charge in [-0.25, -0.2) is 0 Å². The van der Waals surface area contributed by atoms with Crippen molar-refractivity contribution < 1.29 is 4.79 Å². The second-order valence-electron chi connectivity index (χ2n) is 7.35. The molecule has 27 heavy (non-hydrogen) atoms. The molecular formula is C20H24N6O. The van der Waals surface area contributed by atoms with Crippen molar-refractivity contribution in [3.8, 4) is 0 Å². The molecule has 140 valence electrons. The third kappa shape index (κ3) is 3.77. The number of aromatic nitrogens is 4. The molecule has 0 saturated carbocycles. The van der Waals surface area contributed by atoms with Crippen LogP contribution in [-0.2, 0) is 4.79 Å². The van der Waals surface area contributed by atoms with E-state index in [1.165, 1.54) is 5.56 Å². The molecule has 3 aromatic rings. The van der Waals surface area contributed by atoms with Gasteiger partial charge in [-0.2, -0.15) is 4.52 Å². The first-order chi connectivity index (χ1) is 13.1. The van der Waals surface area contributed by atoms with Crippen molar-refractivity contribution >= 4 is 23.1 Å². The maximum atomic E-state index is 12.6. The van der Waals surface area contributed by atoms with E-state index in [-0.39, 0.29) is 11.8 Å². The SMILES string of the molecule is CC(C)c1ccc(NC(=O)C2CCN(c3ccc4nncn4n3)CC2)cc1. The zero-order valence-corrected chi connectivity index (χ0v) is 15.7. The summed E-state index contributed by atoms with van der Waals surface area (Å²) in [6.07, 6.45) is 3.24. The van der Waals surface area contributed by atoms with Crippen LogP contribution in [0.1, 0.15) is 38.2 Å². The minimum atomic E-state index is 0.0321. The van der Waals surface area contributed by atoms with E-state index in [1.54, 1.807) is 10.8 Å². The summed E-state index contributed by atoms with van der Waals surface area (Å²) in [6, 6.07) is 12.0. The fourth-order valence-corrected chi connectivity index (χ4v) is 3.45. The molecular weight excluding hydrogens is 340 g/mol. The Morgan fingerprint density at radius 1 is 1.11 bits per heavy atom. The molecule has 0 atom stereocenters. The number of carbonyl (C=O) groups excluding carboxylic acids is 1. The molecule has 0 spiro atoms. The number of nitrogens with zero attached hydrogens (tertiary/aromatic N) is 5. The summed E-state index contributed by atoms with van der Waals surface area (Å²) in [5.74, 6) is 1.52. The predicted octanol–water partition coefficient (Wildman–Crippen LogP) is 3.10. The zero-order valence-electron chi connectivity index (χ0n) is 15.7. The molecule has 7 nitrogen and oxygen atoms in total. The van der Waals surface area contributed by atoms with Crippen LogP contribution >= 0.6 is 0 Å². The van der Waals surface area contributed by atoms with Crippen LogP contribution < -0.4 is 10.2 Å². The van der Waals surface area contributed by atoms with E-state index < -0.39 is 0 Å². The molecule has 1 aromatic carbocycles. The third-order valence-electron chi connectivity index (χ3n) is 5.18. The van der Waals surface area contributed by atoms with Gasteiger partial charge in [0.2, 0.25) is 5.91 Å². The van der Waals surface area contributed by atoms with E-state index in [0.717, 1.165) is 43.1 Å². The first kappa shape index (κ1) is 17.5. The molecule has 4 rings (SSSR count). The van der Waals surface area contributed by atoms with Crippen molar-refractivity contribution in [1.82, 2.24) is 19.8 Å². The Balaban J connectivity index is 1.34. The summed E-state index contributed by atoms with van der Waals surface area (Å²) >= 11 is 0. The van der Waals surface area contributed by atoms with Gasteiger partial charge in [0, 0.05) is 24.7 Å². The highest BCUT2D eigenvalue weighted by Gasteiger charge is 2.26. The first-order valence-electron chi connectivity index (χ1n) is 9.43. The molecule has 1 aliphatic rings. The molecule has 1 aliphatic heterocycles. The normalized spacial score (nSPS) is 15.4. The Hall–Kier alpha value is -2.96. The average molecular weight is 364 g/mol. The number of fused-ring (bicyclic) bond motifs is 1. The number of amides is 1. The van der Waals surface area contributed by atoms with Crippen LogP contribution in [0.3, 0.4) is 0 Å². The fourth-order valence-electron chi connectivity index (χ4n) is 3.45. The van der Waals surface area contributed by atoms with Crippen molar-refractivity contribution in [1.29, 1.82) is 0 Å². The largest absolute Gasteiger partial charge is 0.355 e. The van der Waals surface area contributed by atoms with Gasteiger partial charge in [0.15, 0.2) is 5.65 Å². The molecule has 3 heterocycles. The zero-order chi connectivity index (χ0) is 18.8. The molecule has 0 bridgehead atoms. The van der Waals surface area contributed by atoms with Crippen LogP contribution in [0, 0.1) is 5.92 Å². The predicted molar refractivity (Wildman–Crippen MR) is 105 cm³/mol. The highest BCUT2D eigenvalue weighted by molar-refractivity contribution is 5.92. The van der Waals surface area contributed by atoms with Crippen LogP contribution in [-0.4, -0.2) is 38.8 Å². The number of rotatable bonds is 4. The van der Waals surface area contributed by atoms with Gasteiger partial charge in [0.25, 0.3) is 0 Å². The summed E-state index contributed by atoms with van der Waals surface area (Å²) in [4.78, 5) is 14.8. The summed E-state index contributed by atoms with van der Waals surface area (Å²) in [7, 11) is 0. The smallest absolute Gasteiger partial charge is 0.227 e. The van der Waals surface area contributed by atoms with Gasteiger partial charge in [0.1, 0.15) is 12.1 Å². The number of anilines is 2. The molecule has 0 radical (unpaired) electrons. The molecule has 1 fully saturated rings. The second kappa shape index (κ2) is 7.34. The topological polar surface area (TPSA) is 75.4 Å². The minimum absolute atomic E-state index is 0.0321. The van der Waals surface area contributed by atoms with E-state index in [0.29, 0.717) is 5.92 Å². The van der Waals surface area contributed by atoms with Crippen molar-refractivity contribution in [3.63, 3.8) is 0 Å². The summed E-state index contributed by atoms with van der Waals surface area (Å²) < 4.78 is 1.68. The van der Waals surface area contributed by atoms with Gasteiger partial charge in [-0.15, -0.1) is 15.3 Å². The van der Waals surface area contributed by atoms with Crippen LogP contribution in [0.5, 0.6) is 0 Å². The number of piperidine rings is 1. The number of carbonyl (C=O) groups is 1. The summed E-state index contributed by atoms with van der Waals surface area (Å²) in [5.41, 5.74) is 2.88. The molecule has 1 N–H and O–H groups in total. The number of hydrogen-bond donors (Lipinski definition) is 1. The average Bonchev–Trinajstić information content (AvgIpc) is 3.16. The number of hydrogen-bond acceptors (Lipinski definition) is 5. The lowest BCUT2D eigenvalue weighted by Crippen LogP contribution is -2.38. The Morgan fingerprint density at radius 2 is 1.85 bits per heavy atom. The first-order valence-corrected chi connectivity index (χ1v) is 9.43. The fraction of sp³-hybridized carbons (Fsp3) is 0.400. The van der Waals surface area contributed by atoms with Crippen LogP contribution in [0.2, 0.25) is 0 Å². The lowest BCUT2D eigenvalue weighted by Gasteiger charge is -2.32. The molecule has 0 aliphatic carbocycles. The van der Waals surface area contributed by atoms with E-state index in [1.807, 2.05) is 24.3 Å². The van der Waals surface area contributed by atoms with Crippen LogP contribution in [0.15, 0.2) is 42.7 Å². The van der Waals surface area contributed by atoms with Gasteiger partial charge in [-0.3, -0.25) is 4.79 Å². The van der Waals surface area contributed by atoms with E-state index in [9.17, 15) is 4.79 Å². The number of nitrogens with one attached hydrogen (secondary N) is 1. The highest BCUT2D eigenvalue weighted by atomic mass is 16.1. The lowest BCUT2D eigenvalue weighted by atomic mass is 9.95. The Bertz CT molecular complexity index is 925. The van der Waals surface area contributed by atoms with Crippen LogP contribution in [0.4, 0.5) is 11.5 Å². The minimum Gasteiger partial charge on any atom is -0.355 e. The quantitative estimate of drug-likeness (QED) is 0.770. The van der Waals surface area contributed by atoms with E-state index >= 15 is 0 Å². The maximum absolute atomic E-state index is 12.6. The molecule has 1 amide bonds. The third-order valence-corrected chi connectivity index (χ3v) is 5.18. The van der Waals surface area contributed by atoms with Crippen molar-refractivity contribution in [2.75, 3.05) is 23.3 Å². The van der Waals surface area contributed by atoms with Gasteiger partial charge in [0.05, 0.1) is 0 Å². The standard InChI is InChI=1S/C20H24N6O/c1-14(2)15-3-5-17(6-4-15)22-20(27)16-9-11-25(12-10-16)19-8-7-18-23-21-13-26(18)24-19/h3-8,13-14,16H,9-12H2,1-2H3,(H,22,27). The molecule has 0 unspecified atom stereocenters. The second-order valence-corrected chi connectivity index (χ2v) is 7.35. The van der Waals surface area contributed by atoms with Gasteiger partial charge in [-0.05, 0) is 48.6 Å². The number of benzene rings is 1. The van der Waals surface area contributed by atoms with Gasteiger partial charge in [-0.1, -0.05) is 26.0 Å². The lowest BCUT2D eigenvalue weighted by molar-refractivity contribution is -0.120. The Morgan fingerprint density at radius 3 is 2.56 bits per heavy atom. The molecule has 7 heteroatoms. The van der Waals surface area contributed by atoms with Gasteiger partial charge < -0.3 is 10.2 Å². The summed E-state index contributed by atoms with van der Waals surface area (Å²) in [6.45, 7) is 5.95. The van der Waals surface area contributed by atoms with Crippen molar-refractivity contribution in [2.45, 2.75) is 32.6 Å². The van der Waals surface area contributed by atoms with Crippen molar-refractivity contribution in [3.05, 3.63) is 48.3 Å². The molecule has 1 saturated heterocycles. The molecule has 2 aromatic heterocycles. The summed E-state index contributed by atoms with van der Waals surface area (Å²) in [5, 5.41) is 15.4. The Labute approximate surface area is 158 Å². The maximum Gasteiger partial charge on any atom is 0.227 e. The monoisotopic (exact) mass is 364 g/mol.